The van der Waals surface area contributed by atoms with Crippen LogP contribution in [0.3, 0.4) is 0 Å². The topological polar surface area (TPSA) is 43.4 Å². The first kappa shape index (κ1) is 18.1. The fourth-order valence-corrected chi connectivity index (χ4v) is 2.17. The first-order chi connectivity index (χ1) is 9.96. The van der Waals surface area contributed by atoms with Crippen LogP contribution in [0.15, 0.2) is 47.6 Å². The summed E-state index contributed by atoms with van der Waals surface area (Å²) in [7, 11) is 0. The van der Waals surface area contributed by atoms with Crippen molar-refractivity contribution in [3.8, 4) is 0 Å². The summed E-state index contributed by atoms with van der Waals surface area (Å²) in [6.07, 6.45) is 6.51. The highest BCUT2D eigenvalue weighted by atomic mass is 16.5. The molecule has 3 nitrogen and oxygen atoms in total. The molecule has 0 atom stereocenters. The Labute approximate surface area is 133 Å². The summed E-state index contributed by atoms with van der Waals surface area (Å²) in [6.45, 7) is 15.7. The van der Waals surface area contributed by atoms with Gasteiger partial charge in [0, 0.05) is 17.2 Å². The lowest BCUT2D eigenvalue weighted by atomic mass is 9.72. The van der Waals surface area contributed by atoms with E-state index in [1.165, 1.54) is 12.2 Å². The number of allylic oxidation sites excluding steroid dienone is 5. The van der Waals surface area contributed by atoms with Crippen LogP contribution in [0.4, 0.5) is 0 Å². The predicted octanol–water partition coefficient (Wildman–Crippen LogP) is 4.17. The second kappa shape index (κ2) is 6.47. The molecular formula is C19H26O3. The number of ketones is 1. The van der Waals surface area contributed by atoms with Gasteiger partial charge in [-0.1, -0.05) is 54.2 Å². The zero-order valence-corrected chi connectivity index (χ0v) is 14.4. The summed E-state index contributed by atoms with van der Waals surface area (Å²) in [5, 5.41) is 0. The highest BCUT2D eigenvalue weighted by Crippen LogP contribution is 2.38. The molecule has 0 saturated heterocycles. The van der Waals surface area contributed by atoms with Crippen molar-refractivity contribution in [3.05, 3.63) is 47.6 Å². The maximum absolute atomic E-state index is 12.7. The summed E-state index contributed by atoms with van der Waals surface area (Å²) in [5.41, 5.74) is 1.55. The fourth-order valence-electron chi connectivity index (χ4n) is 2.17. The van der Waals surface area contributed by atoms with Gasteiger partial charge < -0.3 is 4.74 Å². The van der Waals surface area contributed by atoms with E-state index in [0.717, 1.165) is 0 Å². The average molecular weight is 302 g/mol. The molecule has 22 heavy (non-hydrogen) atoms. The summed E-state index contributed by atoms with van der Waals surface area (Å²) in [4.78, 5) is 24.5. The third kappa shape index (κ3) is 4.55. The summed E-state index contributed by atoms with van der Waals surface area (Å²) >= 11 is 0. The minimum Gasteiger partial charge on any atom is -0.458 e. The summed E-state index contributed by atoms with van der Waals surface area (Å²) < 4.78 is 4.99. The zero-order valence-electron chi connectivity index (χ0n) is 14.4. The van der Waals surface area contributed by atoms with Gasteiger partial charge in [-0.15, -0.1) is 0 Å². The monoisotopic (exact) mass is 302 g/mol. The lowest BCUT2D eigenvalue weighted by Gasteiger charge is -2.31. The summed E-state index contributed by atoms with van der Waals surface area (Å²) in [5.74, 6) is -0.380. The number of hydrogen-bond donors (Lipinski definition) is 0. The highest BCUT2D eigenvalue weighted by molar-refractivity contribution is 6.12. The quantitative estimate of drug-likeness (QED) is 0.446. The minimum absolute atomic E-state index is 0.0524. The normalized spacial score (nSPS) is 15.9. The molecule has 0 amide bonds. The number of esters is 1. The van der Waals surface area contributed by atoms with E-state index in [-0.39, 0.29) is 23.2 Å². The molecule has 0 heterocycles. The van der Waals surface area contributed by atoms with Crippen molar-refractivity contribution in [2.24, 2.45) is 10.8 Å². The van der Waals surface area contributed by atoms with Crippen LogP contribution < -0.4 is 0 Å². The van der Waals surface area contributed by atoms with E-state index in [1.54, 1.807) is 12.2 Å². The number of carbonyl (C=O) groups excluding carboxylic acids is 2. The molecule has 3 heteroatoms. The van der Waals surface area contributed by atoms with Gasteiger partial charge in [0.15, 0.2) is 5.78 Å². The number of Topliss-reactive ketones (excluding diaryl/α,β-unsaturated/α-hetero) is 1. The number of carbonyl (C=O) groups is 2. The fraction of sp³-hybridized carbons (Fsp3) is 0.474. The molecule has 0 unspecified atom stereocenters. The third-order valence-corrected chi connectivity index (χ3v) is 3.36. The Morgan fingerprint density at radius 2 is 1.55 bits per heavy atom. The number of hydrogen-bond acceptors (Lipinski definition) is 3. The average Bonchev–Trinajstić information content (AvgIpc) is 2.35. The molecule has 120 valence electrons. The predicted molar refractivity (Wildman–Crippen MR) is 89.3 cm³/mol. The standard InChI is InChI=1S/C19H26O3/c1-8-9-22-16(20)12-13-10-14(18(2,3)4)17(21)15(11-13)19(5,6)7/h8,10-12H,1,9H2,2-7H3. The second-order valence-corrected chi connectivity index (χ2v) is 7.51. The molecule has 0 aliphatic heterocycles. The Bertz CT molecular complexity index is 537. The van der Waals surface area contributed by atoms with E-state index in [4.69, 9.17) is 4.74 Å². The van der Waals surface area contributed by atoms with Crippen molar-refractivity contribution in [3.63, 3.8) is 0 Å². The van der Waals surface area contributed by atoms with E-state index in [0.29, 0.717) is 16.7 Å². The van der Waals surface area contributed by atoms with E-state index in [1.807, 2.05) is 41.5 Å². The maximum atomic E-state index is 12.7. The third-order valence-electron chi connectivity index (χ3n) is 3.36. The lowest BCUT2D eigenvalue weighted by Crippen LogP contribution is -2.28. The van der Waals surface area contributed by atoms with Gasteiger partial charge in [-0.05, 0) is 28.6 Å². The van der Waals surface area contributed by atoms with Gasteiger partial charge in [-0.3, -0.25) is 4.79 Å². The van der Waals surface area contributed by atoms with Gasteiger partial charge in [0.1, 0.15) is 6.61 Å². The maximum Gasteiger partial charge on any atom is 0.331 e. The van der Waals surface area contributed by atoms with Crippen LogP contribution in [0.2, 0.25) is 0 Å². The smallest absolute Gasteiger partial charge is 0.331 e. The minimum atomic E-state index is -0.432. The van der Waals surface area contributed by atoms with Crippen LogP contribution in [-0.4, -0.2) is 18.4 Å². The Balaban J connectivity index is 3.30. The highest BCUT2D eigenvalue weighted by Gasteiger charge is 2.34. The van der Waals surface area contributed by atoms with E-state index in [9.17, 15) is 9.59 Å². The van der Waals surface area contributed by atoms with Gasteiger partial charge in [-0.25, -0.2) is 4.79 Å². The number of rotatable bonds is 3. The largest absolute Gasteiger partial charge is 0.458 e. The Kier molecular flexibility index (Phi) is 5.34. The Morgan fingerprint density at radius 1 is 1.09 bits per heavy atom. The molecule has 0 fully saturated rings. The molecule has 1 aliphatic carbocycles. The Morgan fingerprint density at radius 3 is 1.91 bits per heavy atom. The van der Waals surface area contributed by atoms with Gasteiger partial charge in [-0.2, -0.15) is 0 Å². The van der Waals surface area contributed by atoms with Gasteiger partial charge >= 0.3 is 5.97 Å². The first-order valence-electron chi connectivity index (χ1n) is 7.45. The van der Waals surface area contributed by atoms with E-state index < -0.39 is 5.97 Å². The molecule has 0 N–H and O–H groups in total. The number of ether oxygens (including phenoxy) is 1. The molecular weight excluding hydrogens is 276 g/mol. The van der Waals surface area contributed by atoms with Crippen LogP contribution in [0.25, 0.3) is 0 Å². The van der Waals surface area contributed by atoms with Crippen molar-refractivity contribution in [2.45, 2.75) is 41.5 Å². The van der Waals surface area contributed by atoms with Crippen molar-refractivity contribution in [2.75, 3.05) is 6.61 Å². The van der Waals surface area contributed by atoms with Crippen molar-refractivity contribution < 1.29 is 14.3 Å². The molecule has 1 rings (SSSR count). The molecule has 0 spiro atoms. The molecule has 0 saturated carbocycles. The zero-order chi connectivity index (χ0) is 17.1. The van der Waals surface area contributed by atoms with E-state index >= 15 is 0 Å². The van der Waals surface area contributed by atoms with Crippen molar-refractivity contribution >= 4 is 11.8 Å². The lowest BCUT2D eigenvalue weighted by molar-refractivity contribution is -0.136. The second-order valence-electron chi connectivity index (χ2n) is 7.51. The van der Waals surface area contributed by atoms with Crippen molar-refractivity contribution in [1.29, 1.82) is 0 Å². The molecule has 0 bridgehead atoms. The van der Waals surface area contributed by atoms with Gasteiger partial charge in [0.2, 0.25) is 0 Å². The molecule has 0 aromatic carbocycles. The van der Waals surface area contributed by atoms with Crippen LogP contribution in [0.5, 0.6) is 0 Å². The van der Waals surface area contributed by atoms with Crippen LogP contribution in [0.1, 0.15) is 41.5 Å². The molecule has 1 aliphatic rings. The summed E-state index contributed by atoms with van der Waals surface area (Å²) in [6, 6.07) is 0. The van der Waals surface area contributed by atoms with Crippen LogP contribution >= 0.6 is 0 Å². The van der Waals surface area contributed by atoms with Gasteiger partial charge in [0.25, 0.3) is 0 Å². The van der Waals surface area contributed by atoms with Crippen LogP contribution in [-0.2, 0) is 14.3 Å². The van der Waals surface area contributed by atoms with E-state index in [2.05, 4.69) is 6.58 Å². The van der Waals surface area contributed by atoms with Crippen molar-refractivity contribution in [1.82, 2.24) is 0 Å². The molecule has 0 aromatic heterocycles. The Hall–Kier alpha value is -1.90. The molecule has 0 radical (unpaired) electrons. The first-order valence-corrected chi connectivity index (χ1v) is 7.45. The van der Waals surface area contributed by atoms with Gasteiger partial charge in [0.05, 0.1) is 0 Å². The molecule has 0 aromatic rings. The SMILES string of the molecule is C=CCOC(=O)C=C1C=C(C(C)(C)C)C(=O)C(C(C)(C)C)=C1. The van der Waals surface area contributed by atoms with Crippen LogP contribution in [0, 0.1) is 10.8 Å².